The molecular weight excluding hydrogens is 238 g/mol. The van der Waals surface area contributed by atoms with Crippen molar-refractivity contribution in [2.75, 3.05) is 6.54 Å². The first-order valence-corrected chi connectivity index (χ1v) is 8.14. The zero-order valence-electron chi connectivity index (χ0n) is 12.3. The van der Waals surface area contributed by atoms with Crippen LogP contribution in [0.4, 0.5) is 0 Å². The SMILES string of the molecule is CC(O)CC1CCCN1C(=O)CCCC1CCCC1. The van der Waals surface area contributed by atoms with Crippen LogP contribution in [0, 0.1) is 5.92 Å². The van der Waals surface area contributed by atoms with E-state index in [9.17, 15) is 9.90 Å². The molecule has 0 radical (unpaired) electrons. The third kappa shape index (κ3) is 4.48. The lowest BCUT2D eigenvalue weighted by molar-refractivity contribution is -0.132. The molecule has 1 N–H and O–H groups in total. The molecule has 1 saturated heterocycles. The molecule has 3 nitrogen and oxygen atoms in total. The lowest BCUT2D eigenvalue weighted by Gasteiger charge is -2.26. The topological polar surface area (TPSA) is 40.5 Å². The highest BCUT2D eigenvalue weighted by Gasteiger charge is 2.29. The Kier molecular flexibility index (Phi) is 5.68. The second-order valence-electron chi connectivity index (χ2n) is 6.51. The molecular formula is C16H29NO2. The zero-order chi connectivity index (χ0) is 13.7. The summed E-state index contributed by atoms with van der Waals surface area (Å²) in [4.78, 5) is 14.3. The van der Waals surface area contributed by atoms with Crippen LogP contribution >= 0.6 is 0 Å². The Morgan fingerprint density at radius 3 is 2.68 bits per heavy atom. The highest BCUT2D eigenvalue weighted by molar-refractivity contribution is 5.76. The minimum absolute atomic E-state index is 0.291. The summed E-state index contributed by atoms with van der Waals surface area (Å²) < 4.78 is 0. The van der Waals surface area contributed by atoms with Crippen LogP contribution in [0.1, 0.15) is 71.1 Å². The van der Waals surface area contributed by atoms with Gasteiger partial charge in [-0.1, -0.05) is 25.7 Å². The van der Waals surface area contributed by atoms with Crippen molar-refractivity contribution in [3.63, 3.8) is 0 Å². The van der Waals surface area contributed by atoms with E-state index in [0.29, 0.717) is 18.4 Å². The predicted molar refractivity (Wildman–Crippen MR) is 76.8 cm³/mol. The average molecular weight is 267 g/mol. The van der Waals surface area contributed by atoms with Crippen molar-refractivity contribution >= 4 is 5.91 Å². The standard InChI is InChI=1S/C16H29NO2/c1-13(18)12-15-9-5-11-17(15)16(19)10-4-8-14-6-2-3-7-14/h13-15,18H,2-12H2,1H3. The third-order valence-corrected chi connectivity index (χ3v) is 4.79. The molecule has 1 aliphatic carbocycles. The van der Waals surface area contributed by atoms with Crippen molar-refractivity contribution in [3.8, 4) is 0 Å². The first kappa shape index (κ1) is 14.8. The first-order valence-electron chi connectivity index (χ1n) is 8.14. The van der Waals surface area contributed by atoms with E-state index in [1.54, 1.807) is 0 Å². The first-order chi connectivity index (χ1) is 9.16. The number of rotatable bonds is 6. The number of likely N-dealkylation sites (tertiary alicyclic amines) is 1. The van der Waals surface area contributed by atoms with Gasteiger partial charge in [0.1, 0.15) is 0 Å². The van der Waals surface area contributed by atoms with E-state index in [4.69, 9.17) is 0 Å². The quantitative estimate of drug-likeness (QED) is 0.803. The molecule has 0 bridgehead atoms. The molecule has 0 aromatic heterocycles. The number of carbonyl (C=O) groups excluding carboxylic acids is 1. The summed E-state index contributed by atoms with van der Waals surface area (Å²) in [6, 6.07) is 0.291. The fraction of sp³-hybridized carbons (Fsp3) is 0.938. The monoisotopic (exact) mass is 267 g/mol. The number of hydrogen-bond acceptors (Lipinski definition) is 2. The minimum atomic E-state index is -0.295. The molecule has 1 heterocycles. The van der Waals surface area contributed by atoms with Gasteiger partial charge in [0.2, 0.25) is 5.91 Å². The molecule has 110 valence electrons. The van der Waals surface area contributed by atoms with Crippen molar-refractivity contribution < 1.29 is 9.90 Å². The summed E-state index contributed by atoms with van der Waals surface area (Å²) in [5.41, 5.74) is 0. The number of nitrogens with zero attached hydrogens (tertiary/aromatic N) is 1. The van der Waals surface area contributed by atoms with Gasteiger partial charge in [-0.25, -0.2) is 0 Å². The molecule has 0 aromatic carbocycles. The predicted octanol–water partition coefficient (Wildman–Crippen LogP) is 3.11. The molecule has 19 heavy (non-hydrogen) atoms. The van der Waals surface area contributed by atoms with Crippen molar-refractivity contribution in [1.82, 2.24) is 4.90 Å². The van der Waals surface area contributed by atoms with Crippen LogP contribution in [0.3, 0.4) is 0 Å². The van der Waals surface area contributed by atoms with Crippen LogP contribution < -0.4 is 0 Å². The van der Waals surface area contributed by atoms with Gasteiger partial charge in [0.05, 0.1) is 6.10 Å². The number of carbonyl (C=O) groups is 1. The maximum atomic E-state index is 12.3. The zero-order valence-corrected chi connectivity index (χ0v) is 12.3. The van der Waals surface area contributed by atoms with E-state index >= 15 is 0 Å². The molecule has 3 heteroatoms. The Labute approximate surface area is 117 Å². The van der Waals surface area contributed by atoms with E-state index < -0.39 is 0 Å². The summed E-state index contributed by atoms with van der Waals surface area (Å²) in [6.07, 6.45) is 11.2. The van der Waals surface area contributed by atoms with Gasteiger partial charge in [-0.05, 0) is 44.9 Å². The molecule has 1 saturated carbocycles. The summed E-state index contributed by atoms with van der Waals surface area (Å²) >= 11 is 0. The van der Waals surface area contributed by atoms with Gasteiger partial charge in [-0.15, -0.1) is 0 Å². The van der Waals surface area contributed by atoms with E-state index in [0.717, 1.165) is 38.1 Å². The highest BCUT2D eigenvalue weighted by atomic mass is 16.3. The third-order valence-electron chi connectivity index (χ3n) is 4.79. The van der Waals surface area contributed by atoms with Crippen LogP contribution in [-0.2, 0) is 4.79 Å². The molecule has 2 fully saturated rings. The number of amides is 1. The molecule has 2 unspecified atom stereocenters. The Morgan fingerprint density at radius 2 is 2.00 bits per heavy atom. The molecule has 1 amide bonds. The van der Waals surface area contributed by atoms with Gasteiger partial charge in [0.15, 0.2) is 0 Å². The lowest BCUT2D eigenvalue weighted by Crippen LogP contribution is -2.37. The molecule has 2 aliphatic rings. The number of aliphatic hydroxyl groups is 1. The van der Waals surface area contributed by atoms with Crippen LogP contribution in [0.5, 0.6) is 0 Å². The van der Waals surface area contributed by atoms with Gasteiger partial charge >= 0.3 is 0 Å². The van der Waals surface area contributed by atoms with E-state index in [-0.39, 0.29) is 6.10 Å². The average Bonchev–Trinajstić information content (AvgIpc) is 2.99. The maximum absolute atomic E-state index is 12.3. The maximum Gasteiger partial charge on any atom is 0.222 e. The Hall–Kier alpha value is -0.570. The smallest absolute Gasteiger partial charge is 0.222 e. The molecule has 2 atom stereocenters. The fourth-order valence-corrected chi connectivity index (χ4v) is 3.79. The van der Waals surface area contributed by atoms with Gasteiger partial charge in [-0.2, -0.15) is 0 Å². The summed E-state index contributed by atoms with van der Waals surface area (Å²) in [6.45, 7) is 2.72. The molecule has 0 spiro atoms. The van der Waals surface area contributed by atoms with E-state index in [2.05, 4.69) is 0 Å². The van der Waals surface area contributed by atoms with Crippen LogP contribution in [0.2, 0.25) is 0 Å². The normalized spacial score (nSPS) is 26.0. The second-order valence-corrected chi connectivity index (χ2v) is 6.51. The summed E-state index contributed by atoms with van der Waals surface area (Å²) in [5.74, 6) is 1.21. The van der Waals surface area contributed by atoms with Crippen LogP contribution in [-0.4, -0.2) is 34.6 Å². The van der Waals surface area contributed by atoms with Crippen LogP contribution in [0.15, 0.2) is 0 Å². The molecule has 1 aliphatic heterocycles. The lowest BCUT2D eigenvalue weighted by atomic mass is 10.00. The van der Waals surface area contributed by atoms with E-state index in [1.807, 2.05) is 11.8 Å². The van der Waals surface area contributed by atoms with Crippen molar-refractivity contribution in [1.29, 1.82) is 0 Å². The Balaban J connectivity index is 1.69. The Morgan fingerprint density at radius 1 is 1.26 bits per heavy atom. The van der Waals surface area contributed by atoms with Crippen molar-refractivity contribution in [3.05, 3.63) is 0 Å². The number of aliphatic hydroxyl groups excluding tert-OH is 1. The van der Waals surface area contributed by atoms with E-state index in [1.165, 1.54) is 32.1 Å². The largest absolute Gasteiger partial charge is 0.393 e. The second kappa shape index (κ2) is 7.28. The molecule has 2 rings (SSSR count). The van der Waals surface area contributed by atoms with Gasteiger partial charge < -0.3 is 10.0 Å². The summed E-state index contributed by atoms with van der Waals surface area (Å²) in [7, 11) is 0. The van der Waals surface area contributed by atoms with Gasteiger partial charge in [0.25, 0.3) is 0 Å². The van der Waals surface area contributed by atoms with Crippen LogP contribution in [0.25, 0.3) is 0 Å². The summed E-state index contributed by atoms with van der Waals surface area (Å²) in [5, 5.41) is 9.49. The number of hydrogen-bond donors (Lipinski definition) is 1. The van der Waals surface area contributed by atoms with Gasteiger partial charge in [0, 0.05) is 19.0 Å². The highest BCUT2D eigenvalue weighted by Crippen LogP contribution is 2.29. The van der Waals surface area contributed by atoms with Gasteiger partial charge in [-0.3, -0.25) is 4.79 Å². The fourth-order valence-electron chi connectivity index (χ4n) is 3.79. The van der Waals surface area contributed by atoms with Crippen molar-refractivity contribution in [2.45, 2.75) is 83.3 Å². The molecule has 0 aromatic rings. The Bertz CT molecular complexity index is 284. The van der Waals surface area contributed by atoms with Crippen molar-refractivity contribution in [2.24, 2.45) is 5.92 Å². The minimum Gasteiger partial charge on any atom is -0.393 e.